The van der Waals surface area contributed by atoms with Crippen LogP contribution in [0.15, 0.2) is 24.3 Å². The monoisotopic (exact) mass is 243 g/mol. The predicted molar refractivity (Wildman–Crippen MR) is 71.9 cm³/mol. The number of carbonyl (C=O) groups is 1. The molecule has 0 bridgehead atoms. The number of nitrogens with zero attached hydrogens (tertiary/aromatic N) is 1. The number of carboxylic acids is 1. The van der Waals surface area contributed by atoms with E-state index in [9.17, 15) is 9.90 Å². The molecule has 94 valence electrons. The molecule has 1 N–H and O–H groups in total. The van der Waals surface area contributed by atoms with Gasteiger partial charge in [-0.3, -0.25) is 9.78 Å². The second-order valence-corrected chi connectivity index (χ2v) is 5.28. The van der Waals surface area contributed by atoms with E-state index in [1.165, 1.54) is 0 Å². The molecule has 18 heavy (non-hydrogen) atoms. The van der Waals surface area contributed by atoms with Crippen molar-refractivity contribution in [3.63, 3.8) is 0 Å². The van der Waals surface area contributed by atoms with E-state index < -0.39 is 11.4 Å². The topological polar surface area (TPSA) is 50.2 Å². The van der Waals surface area contributed by atoms with E-state index in [-0.39, 0.29) is 0 Å². The van der Waals surface area contributed by atoms with Gasteiger partial charge >= 0.3 is 5.97 Å². The molecule has 0 aliphatic carbocycles. The normalized spacial score (nSPS) is 11.8. The molecule has 1 aromatic carbocycles. The first-order chi connectivity index (χ1) is 8.32. The molecule has 0 saturated carbocycles. The molecule has 0 atom stereocenters. The molecule has 0 radical (unpaired) electrons. The Balaban J connectivity index is 2.72. The van der Waals surface area contributed by atoms with Crippen LogP contribution in [-0.4, -0.2) is 16.1 Å². The van der Waals surface area contributed by atoms with Gasteiger partial charge in [0.1, 0.15) is 5.41 Å². The van der Waals surface area contributed by atoms with E-state index in [1.54, 1.807) is 13.8 Å². The Labute approximate surface area is 106 Å². The van der Waals surface area contributed by atoms with Crippen LogP contribution in [0.4, 0.5) is 0 Å². The van der Waals surface area contributed by atoms with Crippen molar-refractivity contribution in [3.8, 4) is 0 Å². The minimum absolute atomic E-state index is 0.633. The highest BCUT2D eigenvalue weighted by molar-refractivity contribution is 5.84. The Kier molecular flexibility index (Phi) is 2.85. The van der Waals surface area contributed by atoms with E-state index in [1.807, 2.05) is 38.1 Å². The van der Waals surface area contributed by atoms with Crippen LogP contribution in [0.3, 0.4) is 0 Å². The number of pyridine rings is 1. The maximum absolute atomic E-state index is 11.3. The number of aromatic nitrogens is 1. The molecule has 2 aromatic rings. The quantitative estimate of drug-likeness (QED) is 0.881. The van der Waals surface area contributed by atoms with E-state index >= 15 is 0 Å². The fraction of sp³-hybridized carbons (Fsp3) is 0.333. The highest BCUT2D eigenvalue weighted by atomic mass is 16.4. The number of hydrogen-bond acceptors (Lipinski definition) is 2. The molecule has 1 aromatic heterocycles. The summed E-state index contributed by atoms with van der Waals surface area (Å²) in [6.07, 6.45) is 0. The molecular weight excluding hydrogens is 226 g/mol. The Bertz CT molecular complexity index is 630. The van der Waals surface area contributed by atoms with E-state index in [0.717, 1.165) is 22.0 Å². The van der Waals surface area contributed by atoms with E-state index in [4.69, 9.17) is 0 Å². The lowest BCUT2D eigenvalue weighted by atomic mass is 9.86. The van der Waals surface area contributed by atoms with Crippen molar-refractivity contribution in [2.24, 2.45) is 0 Å². The van der Waals surface area contributed by atoms with Gasteiger partial charge in [0, 0.05) is 5.39 Å². The molecule has 0 spiro atoms. The number of carboxylic acid groups (broad SMARTS) is 1. The summed E-state index contributed by atoms with van der Waals surface area (Å²) in [7, 11) is 0. The van der Waals surface area contributed by atoms with Gasteiger partial charge in [-0.25, -0.2) is 0 Å². The summed E-state index contributed by atoms with van der Waals surface area (Å²) in [6.45, 7) is 7.29. The average Bonchev–Trinajstić information content (AvgIpc) is 2.28. The smallest absolute Gasteiger partial charge is 0.315 e. The van der Waals surface area contributed by atoms with Gasteiger partial charge in [0.2, 0.25) is 0 Å². The molecular formula is C15H17NO2. The first-order valence-corrected chi connectivity index (χ1v) is 5.94. The van der Waals surface area contributed by atoms with Crippen LogP contribution >= 0.6 is 0 Å². The summed E-state index contributed by atoms with van der Waals surface area (Å²) in [5.41, 5.74) is 2.55. The number of aliphatic carboxylic acids is 1. The fourth-order valence-corrected chi connectivity index (χ4v) is 2.12. The summed E-state index contributed by atoms with van der Waals surface area (Å²) in [5.74, 6) is -0.856. The summed E-state index contributed by atoms with van der Waals surface area (Å²) < 4.78 is 0. The van der Waals surface area contributed by atoms with Gasteiger partial charge in [-0.15, -0.1) is 0 Å². The average molecular weight is 243 g/mol. The van der Waals surface area contributed by atoms with Crippen LogP contribution in [0.2, 0.25) is 0 Å². The molecule has 2 rings (SSSR count). The zero-order chi connectivity index (χ0) is 13.5. The van der Waals surface area contributed by atoms with Crippen molar-refractivity contribution >= 4 is 16.9 Å². The first kappa shape index (κ1) is 12.6. The summed E-state index contributed by atoms with van der Waals surface area (Å²) >= 11 is 0. The van der Waals surface area contributed by atoms with Crippen LogP contribution in [0.5, 0.6) is 0 Å². The highest BCUT2D eigenvalue weighted by Gasteiger charge is 2.32. The highest BCUT2D eigenvalue weighted by Crippen LogP contribution is 2.27. The number of hydrogen-bond donors (Lipinski definition) is 1. The number of fused-ring (bicyclic) bond motifs is 1. The zero-order valence-corrected chi connectivity index (χ0v) is 11.1. The third kappa shape index (κ3) is 1.96. The summed E-state index contributed by atoms with van der Waals surface area (Å²) in [4.78, 5) is 15.9. The van der Waals surface area contributed by atoms with E-state index in [2.05, 4.69) is 4.98 Å². The van der Waals surface area contributed by atoms with Gasteiger partial charge in [-0.05, 0) is 51.0 Å². The minimum Gasteiger partial charge on any atom is -0.481 e. The lowest BCUT2D eigenvalue weighted by Crippen LogP contribution is -2.30. The first-order valence-electron chi connectivity index (χ1n) is 5.94. The lowest BCUT2D eigenvalue weighted by molar-refractivity contribution is -0.142. The SMILES string of the molecule is Cc1ccc2cc(C)c(C(C)(C)C(=O)O)nc2c1. The van der Waals surface area contributed by atoms with Crippen LogP contribution in [0, 0.1) is 13.8 Å². The van der Waals surface area contributed by atoms with Crippen LogP contribution < -0.4 is 0 Å². The van der Waals surface area contributed by atoms with Crippen molar-refractivity contribution in [3.05, 3.63) is 41.1 Å². The second-order valence-electron chi connectivity index (χ2n) is 5.28. The van der Waals surface area contributed by atoms with Gasteiger partial charge in [0.25, 0.3) is 0 Å². The number of benzene rings is 1. The molecule has 0 saturated heterocycles. The van der Waals surface area contributed by atoms with Crippen LogP contribution in [0.1, 0.15) is 30.7 Å². The third-order valence-corrected chi connectivity index (χ3v) is 3.29. The molecule has 0 unspecified atom stereocenters. The van der Waals surface area contributed by atoms with Crippen molar-refractivity contribution in [1.82, 2.24) is 4.98 Å². The van der Waals surface area contributed by atoms with Gasteiger partial charge in [-0.1, -0.05) is 12.1 Å². The summed E-state index contributed by atoms with van der Waals surface area (Å²) in [5, 5.41) is 10.4. The Hall–Kier alpha value is -1.90. The maximum Gasteiger partial charge on any atom is 0.315 e. The fourth-order valence-electron chi connectivity index (χ4n) is 2.12. The summed E-state index contributed by atoms with van der Waals surface area (Å²) in [6, 6.07) is 8.03. The lowest BCUT2D eigenvalue weighted by Gasteiger charge is -2.21. The molecule has 3 nitrogen and oxygen atoms in total. The Morgan fingerprint density at radius 2 is 1.89 bits per heavy atom. The van der Waals surface area contributed by atoms with Crippen molar-refractivity contribution in [2.75, 3.05) is 0 Å². The Morgan fingerprint density at radius 1 is 1.22 bits per heavy atom. The predicted octanol–water partition coefficient (Wildman–Crippen LogP) is 3.21. The second kappa shape index (κ2) is 4.09. The zero-order valence-electron chi connectivity index (χ0n) is 11.1. The molecule has 0 aliphatic rings. The van der Waals surface area contributed by atoms with Crippen LogP contribution in [0.25, 0.3) is 10.9 Å². The minimum atomic E-state index is -0.970. The molecule has 0 fully saturated rings. The van der Waals surface area contributed by atoms with Crippen molar-refractivity contribution < 1.29 is 9.90 Å². The number of aryl methyl sites for hydroxylation is 2. The van der Waals surface area contributed by atoms with Crippen molar-refractivity contribution in [2.45, 2.75) is 33.1 Å². The van der Waals surface area contributed by atoms with E-state index in [0.29, 0.717) is 5.69 Å². The molecule has 0 amide bonds. The van der Waals surface area contributed by atoms with Crippen molar-refractivity contribution in [1.29, 1.82) is 0 Å². The Morgan fingerprint density at radius 3 is 2.50 bits per heavy atom. The van der Waals surface area contributed by atoms with Gasteiger partial charge in [0.05, 0.1) is 11.2 Å². The largest absolute Gasteiger partial charge is 0.481 e. The standard InChI is InChI=1S/C15H17NO2/c1-9-5-6-11-8-10(2)13(16-12(11)7-9)15(3,4)14(17)18/h5-8H,1-4H3,(H,17,18). The maximum atomic E-state index is 11.3. The molecule has 3 heteroatoms. The van der Waals surface area contributed by atoms with Gasteiger partial charge < -0.3 is 5.11 Å². The van der Waals surface area contributed by atoms with Crippen LogP contribution in [-0.2, 0) is 10.2 Å². The molecule has 0 aliphatic heterocycles. The third-order valence-electron chi connectivity index (χ3n) is 3.29. The van der Waals surface area contributed by atoms with Gasteiger partial charge in [-0.2, -0.15) is 0 Å². The van der Waals surface area contributed by atoms with Gasteiger partial charge in [0.15, 0.2) is 0 Å². The molecule has 1 heterocycles. The number of rotatable bonds is 2.